The van der Waals surface area contributed by atoms with Crippen LogP contribution in [0.3, 0.4) is 0 Å². The fraction of sp³-hybridized carbons (Fsp3) is 0.348. The second kappa shape index (κ2) is 10.7. The van der Waals surface area contributed by atoms with Crippen molar-refractivity contribution in [1.82, 2.24) is 4.98 Å². The zero-order chi connectivity index (χ0) is 19.6. The van der Waals surface area contributed by atoms with Crippen molar-refractivity contribution in [3.63, 3.8) is 0 Å². The van der Waals surface area contributed by atoms with Gasteiger partial charge in [-0.3, -0.25) is 0 Å². The summed E-state index contributed by atoms with van der Waals surface area (Å²) >= 11 is 1.58. The maximum absolute atomic E-state index is 5.82. The quantitative estimate of drug-likeness (QED) is 0.358. The molecule has 2 aromatic carbocycles. The molecule has 5 heteroatoms. The number of para-hydroxylation sites is 1. The Hall–Kier alpha value is -2.53. The van der Waals surface area contributed by atoms with E-state index in [0.717, 1.165) is 46.6 Å². The molecule has 0 aliphatic carbocycles. The summed E-state index contributed by atoms with van der Waals surface area (Å²) in [4.78, 5) is 4.69. The molecular weight excluding hydrogens is 368 g/mol. The van der Waals surface area contributed by atoms with Crippen LogP contribution < -0.4 is 14.8 Å². The Labute approximate surface area is 171 Å². The summed E-state index contributed by atoms with van der Waals surface area (Å²) in [7, 11) is 1.68. The Morgan fingerprint density at radius 2 is 1.75 bits per heavy atom. The fourth-order valence-electron chi connectivity index (χ4n) is 2.96. The third kappa shape index (κ3) is 5.73. The first-order chi connectivity index (χ1) is 13.8. The number of benzene rings is 2. The molecular formula is C23H28N2O2S. The minimum Gasteiger partial charge on any atom is -0.496 e. The minimum absolute atomic E-state index is 0.783. The lowest BCUT2D eigenvalue weighted by atomic mass is 10.1. The number of ether oxygens (including phenoxy) is 2. The van der Waals surface area contributed by atoms with Crippen molar-refractivity contribution >= 4 is 22.2 Å². The highest BCUT2D eigenvalue weighted by atomic mass is 32.1. The van der Waals surface area contributed by atoms with E-state index in [9.17, 15) is 0 Å². The summed E-state index contributed by atoms with van der Waals surface area (Å²) in [6.45, 7) is 3.02. The van der Waals surface area contributed by atoms with E-state index < -0.39 is 0 Å². The standard InChI is InChI=1S/C23H28N2O2S/c1-3-4-5-6-9-16-27-19-14-12-18(13-15-19)24-23-25-21(17-28-23)20-10-7-8-11-22(20)26-2/h7-8,10-15,17H,3-6,9,16H2,1-2H3,(H,24,25). The number of hydrogen-bond acceptors (Lipinski definition) is 5. The van der Waals surface area contributed by atoms with Crippen LogP contribution in [0.4, 0.5) is 10.8 Å². The molecule has 1 heterocycles. The lowest BCUT2D eigenvalue weighted by Gasteiger charge is -2.08. The zero-order valence-electron chi connectivity index (χ0n) is 16.6. The number of anilines is 2. The topological polar surface area (TPSA) is 43.4 Å². The highest BCUT2D eigenvalue weighted by Crippen LogP contribution is 2.33. The molecule has 0 aliphatic rings. The van der Waals surface area contributed by atoms with E-state index >= 15 is 0 Å². The predicted molar refractivity (Wildman–Crippen MR) is 118 cm³/mol. The van der Waals surface area contributed by atoms with E-state index in [1.807, 2.05) is 53.9 Å². The molecule has 148 valence electrons. The van der Waals surface area contributed by atoms with Crippen molar-refractivity contribution in [2.45, 2.75) is 39.0 Å². The molecule has 0 aliphatic heterocycles. The zero-order valence-corrected chi connectivity index (χ0v) is 17.4. The van der Waals surface area contributed by atoms with Crippen LogP contribution in [0.15, 0.2) is 53.9 Å². The molecule has 0 fully saturated rings. The van der Waals surface area contributed by atoms with Gasteiger partial charge in [0.2, 0.25) is 0 Å². The third-order valence-corrected chi connectivity index (χ3v) is 5.27. The molecule has 0 spiro atoms. The maximum atomic E-state index is 5.82. The van der Waals surface area contributed by atoms with Crippen molar-refractivity contribution in [2.75, 3.05) is 19.0 Å². The van der Waals surface area contributed by atoms with Gasteiger partial charge in [-0.2, -0.15) is 0 Å². The SMILES string of the molecule is CCCCCCCOc1ccc(Nc2nc(-c3ccccc3OC)cs2)cc1. The van der Waals surface area contributed by atoms with Crippen molar-refractivity contribution < 1.29 is 9.47 Å². The Morgan fingerprint density at radius 3 is 2.54 bits per heavy atom. The summed E-state index contributed by atoms with van der Waals surface area (Å²) in [5.74, 6) is 1.74. The second-order valence-corrected chi connectivity index (χ2v) is 7.51. The first-order valence-corrected chi connectivity index (χ1v) is 10.8. The number of nitrogens with one attached hydrogen (secondary N) is 1. The van der Waals surface area contributed by atoms with Gasteiger partial charge in [0.1, 0.15) is 11.5 Å². The Balaban J connectivity index is 1.53. The molecule has 0 bridgehead atoms. The Bertz CT molecular complexity index is 846. The molecule has 0 amide bonds. The van der Waals surface area contributed by atoms with Crippen molar-refractivity contribution in [2.24, 2.45) is 0 Å². The maximum Gasteiger partial charge on any atom is 0.187 e. The summed E-state index contributed by atoms with van der Waals surface area (Å²) in [6.07, 6.45) is 6.25. The summed E-state index contributed by atoms with van der Waals surface area (Å²) < 4.78 is 11.3. The van der Waals surface area contributed by atoms with Gasteiger partial charge in [0.05, 0.1) is 19.4 Å². The van der Waals surface area contributed by atoms with Crippen LogP contribution in [0.1, 0.15) is 39.0 Å². The molecule has 0 saturated carbocycles. The van der Waals surface area contributed by atoms with Crippen LogP contribution in [0, 0.1) is 0 Å². The largest absolute Gasteiger partial charge is 0.496 e. The lowest BCUT2D eigenvalue weighted by Crippen LogP contribution is -1.97. The van der Waals surface area contributed by atoms with Gasteiger partial charge in [-0.05, 0) is 42.8 Å². The van der Waals surface area contributed by atoms with E-state index in [1.54, 1.807) is 18.4 Å². The number of hydrogen-bond donors (Lipinski definition) is 1. The van der Waals surface area contributed by atoms with Crippen LogP contribution in [-0.4, -0.2) is 18.7 Å². The van der Waals surface area contributed by atoms with Gasteiger partial charge in [-0.1, -0.05) is 44.7 Å². The first kappa shape index (κ1) is 20.2. The molecule has 1 aromatic heterocycles. The average molecular weight is 397 g/mol. The molecule has 0 unspecified atom stereocenters. The Kier molecular flexibility index (Phi) is 7.73. The van der Waals surface area contributed by atoms with Crippen molar-refractivity contribution in [3.05, 3.63) is 53.9 Å². The second-order valence-electron chi connectivity index (χ2n) is 6.65. The van der Waals surface area contributed by atoms with Gasteiger partial charge >= 0.3 is 0 Å². The molecule has 3 rings (SSSR count). The summed E-state index contributed by atoms with van der Waals surface area (Å²) in [6, 6.07) is 16.0. The van der Waals surface area contributed by atoms with Crippen molar-refractivity contribution in [3.8, 4) is 22.8 Å². The van der Waals surface area contributed by atoms with E-state index in [2.05, 4.69) is 17.2 Å². The van der Waals surface area contributed by atoms with E-state index in [-0.39, 0.29) is 0 Å². The van der Waals surface area contributed by atoms with Gasteiger partial charge in [-0.15, -0.1) is 11.3 Å². The fourth-order valence-corrected chi connectivity index (χ4v) is 3.70. The number of aromatic nitrogens is 1. The highest BCUT2D eigenvalue weighted by Gasteiger charge is 2.09. The molecule has 0 saturated heterocycles. The minimum atomic E-state index is 0.783. The Morgan fingerprint density at radius 1 is 0.964 bits per heavy atom. The van der Waals surface area contributed by atoms with Gasteiger partial charge < -0.3 is 14.8 Å². The molecule has 0 radical (unpaired) electrons. The summed E-state index contributed by atoms with van der Waals surface area (Å²) in [5, 5.41) is 6.25. The predicted octanol–water partition coefficient (Wildman–Crippen LogP) is 6.91. The molecule has 28 heavy (non-hydrogen) atoms. The third-order valence-electron chi connectivity index (χ3n) is 4.51. The monoisotopic (exact) mass is 396 g/mol. The van der Waals surface area contributed by atoms with Crippen LogP contribution in [0.25, 0.3) is 11.3 Å². The van der Waals surface area contributed by atoms with E-state index in [4.69, 9.17) is 9.47 Å². The number of unbranched alkanes of at least 4 members (excludes halogenated alkanes) is 4. The number of nitrogens with zero attached hydrogens (tertiary/aromatic N) is 1. The van der Waals surface area contributed by atoms with Crippen LogP contribution >= 0.6 is 11.3 Å². The van der Waals surface area contributed by atoms with Crippen LogP contribution in [0.5, 0.6) is 11.5 Å². The van der Waals surface area contributed by atoms with Crippen LogP contribution in [0.2, 0.25) is 0 Å². The number of thiazole rings is 1. The van der Waals surface area contributed by atoms with E-state index in [0.29, 0.717) is 0 Å². The molecule has 3 aromatic rings. The first-order valence-electron chi connectivity index (χ1n) is 9.89. The molecule has 1 N–H and O–H groups in total. The van der Waals surface area contributed by atoms with Gasteiger partial charge in [-0.25, -0.2) is 4.98 Å². The number of methoxy groups -OCH3 is 1. The normalized spacial score (nSPS) is 10.6. The number of rotatable bonds is 11. The summed E-state index contributed by atoms with van der Waals surface area (Å²) in [5.41, 5.74) is 2.90. The van der Waals surface area contributed by atoms with Gasteiger partial charge in [0, 0.05) is 16.6 Å². The van der Waals surface area contributed by atoms with Crippen LogP contribution in [-0.2, 0) is 0 Å². The van der Waals surface area contributed by atoms with Gasteiger partial charge in [0.15, 0.2) is 5.13 Å². The van der Waals surface area contributed by atoms with Gasteiger partial charge in [0.25, 0.3) is 0 Å². The van der Waals surface area contributed by atoms with Crippen molar-refractivity contribution in [1.29, 1.82) is 0 Å². The van der Waals surface area contributed by atoms with E-state index in [1.165, 1.54) is 25.7 Å². The lowest BCUT2D eigenvalue weighted by molar-refractivity contribution is 0.304. The highest BCUT2D eigenvalue weighted by molar-refractivity contribution is 7.14. The molecule has 4 nitrogen and oxygen atoms in total. The molecule has 0 atom stereocenters. The average Bonchev–Trinajstić information content (AvgIpc) is 3.20. The smallest absolute Gasteiger partial charge is 0.187 e.